The number of halogens is 2. The molecular weight excluding hydrogens is 323 g/mol. The smallest absolute Gasteiger partial charge is 0.243 e. The highest BCUT2D eigenvalue weighted by atomic mass is 35.5. The maximum absolute atomic E-state index is 12.1. The Morgan fingerprint density at radius 1 is 1.30 bits per heavy atom. The van der Waals surface area contributed by atoms with E-state index in [9.17, 15) is 8.42 Å². The van der Waals surface area contributed by atoms with Gasteiger partial charge in [0.15, 0.2) is 0 Å². The number of nitrogens with one attached hydrogen (secondary N) is 1. The van der Waals surface area contributed by atoms with E-state index in [1.165, 1.54) is 12.1 Å². The maximum Gasteiger partial charge on any atom is 0.243 e. The normalized spacial score (nSPS) is 11.5. The molecule has 0 atom stereocenters. The number of nitrogens with two attached hydrogens (primary N) is 1. The molecule has 0 spiro atoms. The zero-order valence-corrected chi connectivity index (χ0v) is 13.1. The van der Waals surface area contributed by atoms with E-state index in [0.29, 0.717) is 18.7 Å². The lowest BCUT2D eigenvalue weighted by Crippen LogP contribution is -2.28. The molecule has 112 valence electrons. The van der Waals surface area contributed by atoms with E-state index in [1.807, 2.05) is 0 Å². The van der Waals surface area contributed by atoms with Gasteiger partial charge in [0.25, 0.3) is 0 Å². The minimum absolute atomic E-state index is 0.0184. The summed E-state index contributed by atoms with van der Waals surface area (Å²) in [4.78, 5) is -0.180. The fourth-order valence-corrected chi connectivity index (χ4v) is 3.67. The van der Waals surface area contributed by atoms with Crippen LogP contribution in [0.15, 0.2) is 29.7 Å². The average molecular weight is 339 g/mol. The number of hydrogen-bond acceptors (Lipinski definition) is 4. The fourth-order valence-electron chi connectivity index (χ4n) is 1.43. The Bertz CT molecular complexity index is 553. The van der Waals surface area contributed by atoms with Gasteiger partial charge in [-0.2, -0.15) is 0 Å². The van der Waals surface area contributed by atoms with Crippen LogP contribution in [0, 0.1) is 0 Å². The molecule has 1 aromatic carbocycles. The van der Waals surface area contributed by atoms with Crippen LogP contribution in [0.25, 0.3) is 0 Å². The van der Waals surface area contributed by atoms with Crippen LogP contribution in [0.1, 0.15) is 6.42 Å². The van der Waals surface area contributed by atoms with Gasteiger partial charge < -0.3 is 10.5 Å². The molecule has 3 N–H and O–H groups in total. The quantitative estimate of drug-likeness (QED) is 0.433. The summed E-state index contributed by atoms with van der Waals surface area (Å²) >= 11 is 11.7. The SMILES string of the molecule is C=CCCOCCNS(=O)(=O)c1c(Cl)cc(N)cc1Cl. The largest absolute Gasteiger partial charge is 0.399 e. The van der Waals surface area contributed by atoms with E-state index >= 15 is 0 Å². The second-order valence-electron chi connectivity index (χ2n) is 3.90. The monoisotopic (exact) mass is 338 g/mol. The van der Waals surface area contributed by atoms with Gasteiger partial charge in [0.2, 0.25) is 10.0 Å². The molecule has 20 heavy (non-hydrogen) atoms. The number of hydrogen-bond donors (Lipinski definition) is 2. The van der Waals surface area contributed by atoms with Gasteiger partial charge in [-0.15, -0.1) is 6.58 Å². The molecule has 8 heteroatoms. The van der Waals surface area contributed by atoms with Crippen molar-refractivity contribution in [3.8, 4) is 0 Å². The van der Waals surface area contributed by atoms with E-state index in [2.05, 4.69) is 11.3 Å². The molecule has 0 unspecified atom stereocenters. The molecular formula is C12H16Cl2N2O3S. The lowest BCUT2D eigenvalue weighted by atomic mass is 10.3. The molecule has 1 aromatic rings. The molecule has 0 fully saturated rings. The van der Waals surface area contributed by atoms with Gasteiger partial charge in [0.1, 0.15) is 4.90 Å². The third-order valence-corrected chi connectivity index (χ3v) is 4.68. The summed E-state index contributed by atoms with van der Waals surface area (Å²) < 4.78 is 31.7. The Morgan fingerprint density at radius 2 is 1.90 bits per heavy atom. The van der Waals surface area contributed by atoms with Crippen LogP contribution in [0.3, 0.4) is 0 Å². The summed E-state index contributed by atoms with van der Waals surface area (Å²) in [5, 5.41) is -0.0369. The lowest BCUT2D eigenvalue weighted by Gasteiger charge is -2.11. The molecule has 0 heterocycles. The van der Waals surface area contributed by atoms with Crippen molar-refractivity contribution < 1.29 is 13.2 Å². The van der Waals surface area contributed by atoms with Gasteiger partial charge in [-0.25, -0.2) is 13.1 Å². The average Bonchev–Trinajstić information content (AvgIpc) is 2.31. The number of ether oxygens (including phenoxy) is 1. The number of sulfonamides is 1. The third kappa shape index (κ3) is 4.96. The highest BCUT2D eigenvalue weighted by Crippen LogP contribution is 2.31. The van der Waals surface area contributed by atoms with Crippen molar-refractivity contribution in [2.24, 2.45) is 0 Å². The van der Waals surface area contributed by atoms with Crippen LogP contribution in [-0.2, 0) is 14.8 Å². The minimum atomic E-state index is -3.80. The van der Waals surface area contributed by atoms with Crippen LogP contribution in [0.4, 0.5) is 5.69 Å². The van der Waals surface area contributed by atoms with Gasteiger partial charge in [0, 0.05) is 12.2 Å². The number of rotatable bonds is 8. The molecule has 5 nitrogen and oxygen atoms in total. The first-order chi connectivity index (χ1) is 9.38. The van der Waals surface area contributed by atoms with E-state index in [1.54, 1.807) is 6.08 Å². The Hall–Kier alpha value is -0.790. The Labute approximate surface area is 128 Å². The summed E-state index contributed by atoms with van der Waals surface area (Å²) in [7, 11) is -3.80. The first-order valence-electron chi connectivity index (χ1n) is 5.81. The summed E-state index contributed by atoms with van der Waals surface area (Å²) in [6, 6.07) is 2.67. The van der Waals surface area contributed by atoms with Gasteiger partial charge in [0.05, 0.1) is 23.3 Å². The topological polar surface area (TPSA) is 81.4 Å². The van der Waals surface area contributed by atoms with Crippen molar-refractivity contribution in [1.29, 1.82) is 0 Å². The van der Waals surface area contributed by atoms with E-state index in [-0.39, 0.29) is 28.1 Å². The minimum Gasteiger partial charge on any atom is -0.399 e. The number of anilines is 1. The van der Waals surface area contributed by atoms with E-state index in [4.69, 9.17) is 33.7 Å². The van der Waals surface area contributed by atoms with Gasteiger partial charge in [-0.05, 0) is 18.6 Å². The van der Waals surface area contributed by atoms with Crippen molar-refractivity contribution in [1.82, 2.24) is 4.72 Å². The van der Waals surface area contributed by atoms with Crippen molar-refractivity contribution in [2.45, 2.75) is 11.3 Å². The highest BCUT2D eigenvalue weighted by molar-refractivity contribution is 7.89. The number of nitrogen functional groups attached to an aromatic ring is 1. The molecule has 0 bridgehead atoms. The predicted octanol–water partition coefficient (Wildman–Crippen LogP) is 2.45. The molecule has 0 aromatic heterocycles. The first kappa shape index (κ1) is 17.3. The predicted molar refractivity (Wildman–Crippen MR) is 81.7 cm³/mol. The van der Waals surface area contributed by atoms with Crippen molar-refractivity contribution in [2.75, 3.05) is 25.5 Å². The van der Waals surface area contributed by atoms with Crippen LogP contribution in [-0.4, -0.2) is 28.2 Å². The lowest BCUT2D eigenvalue weighted by molar-refractivity contribution is 0.144. The van der Waals surface area contributed by atoms with E-state index < -0.39 is 10.0 Å². The van der Waals surface area contributed by atoms with Crippen molar-refractivity contribution >= 4 is 38.9 Å². The fraction of sp³-hybridized carbons (Fsp3) is 0.333. The summed E-state index contributed by atoms with van der Waals surface area (Å²) in [6.07, 6.45) is 2.43. The standard InChI is InChI=1S/C12H16Cl2N2O3S/c1-2-3-5-19-6-4-16-20(17,18)12-10(13)7-9(15)8-11(12)14/h2,7-8,16H,1,3-6,15H2. The second kappa shape index (κ2) is 7.85. The molecule has 0 aliphatic carbocycles. The zero-order chi connectivity index (χ0) is 15.2. The third-order valence-electron chi connectivity index (χ3n) is 2.29. The highest BCUT2D eigenvalue weighted by Gasteiger charge is 2.21. The van der Waals surface area contributed by atoms with Crippen molar-refractivity contribution in [3.05, 3.63) is 34.8 Å². The molecule has 0 saturated carbocycles. The van der Waals surface area contributed by atoms with Crippen LogP contribution < -0.4 is 10.5 Å². The zero-order valence-electron chi connectivity index (χ0n) is 10.7. The number of benzene rings is 1. The first-order valence-corrected chi connectivity index (χ1v) is 8.05. The molecule has 0 aliphatic rings. The molecule has 1 rings (SSSR count). The molecule has 0 radical (unpaired) electrons. The summed E-state index contributed by atoms with van der Waals surface area (Å²) in [5.74, 6) is 0. The summed E-state index contributed by atoms with van der Waals surface area (Å²) in [6.45, 7) is 4.42. The van der Waals surface area contributed by atoms with Crippen LogP contribution >= 0.6 is 23.2 Å². The summed E-state index contributed by atoms with van der Waals surface area (Å²) in [5.41, 5.74) is 5.83. The van der Waals surface area contributed by atoms with E-state index in [0.717, 1.165) is 0 Å². The van der Waals surface area contributed by atoms with Gasteiger partial charge in [-0.3, -0.25) is 0 Å². The molecule has 0 aliphatic heterocycles. The second-order valence-corrected chi connectivity index (χ2v) is 6.42. The van der Waals surface area contributed by atoms with Crippen LogP contribution in [0.2, 0.25) is 10.0 Å². The van der Waals surface area contributed by atoms with Crippen molar-refractivity contribution in [3.63, 3.8) is 0 Å². The Kier molecular flexibility index (Phi) is 6.78. The van der Waals surface area contributed by atoms with Gasteiger partial charge in [-0.1, -0.05) is 29.3 Å². The molecule has 0 saturated heterocycles. The molecule has 0 amide bonds. The Balaban J connectivity index is 2.68. The van der Waals surface area contributed by atoms with Crippen LogP contribution in [0.5, 0.6) is 0 Å². The van der Waals surface area contributed by atoms with Gasteiger partial charge >= 0.3 is 0 Å². The Morgan fingerprint density at radius 3 is 2.45 bits per heavy atom. The maximum atomic E-state index is 12.1.